The molecule has 1 fully saturated rings. The lowest BCUT2D eigenvalue weighted by Gasteiger charge is -2.08. The van der Waals surface area contributed by atoms with Gasteiger partial charge in [0.1, 0.15) is 11.9 Å². The van der Waals surface area contributed by atoms with Crippen molar-refractivity contribution in [1.82, 2.24) is 0 Å². The third-order valence-electron chi connectivity index (χ3n) is 2.13. The molecule has 1 unspecified atom stereocenters. The molecule has 14 heavy (non-hydrogen) atoms. The number of hydrogen-bond donors (Lipinski definition) is 0. The number of aryl methyl sites for hydroxylation is 1. The molecule has 0 aliphatic carbocycles. The molecule has 0 spiro atoms. The van der Waals surface area contributed by atoms with Crippen molar-refractivity contribution in [2.24, 2.45) is 0 Å². The topological polar surface area (TPSA) is 21.8 Å². The van der Waals surface area contributed by atoms with E-state index in [1.807, 2.05) is 6.07 Å². The van der Waals surface area contributed by atoms with Crippen LogP contribution in [0.5, 0.6) is 5.75 Å². The van der Waals surface area contributed by atoms with E-state index in [2.05, 4.69) is 4.74 Å². The molecule has 1 atom stereocenters. The van der Waals surface area contributed by atoms with Crippen LogP contribution in [0.4, 0.5) is 8.78 Å². The van der Waals surface area contributed by atoms with Crippen molar-refractivity contribution in [3.8, 4) is 5.75 Å². The van der Waals surface area contributed by atoms with Crippen molar-refractivity contribution in [3.63, 3.8) is 0 Å². The fourth-order valence-electron chi connectivity index (χ4n) is 1.28. The van der Waals surface area contributed by atoms with Crippen LogP contribution in [-0.4, -0.2) is 13.2 Å². The number of ether oxygens (including phenoxy) is 2. The average Bonchev–Trinajstić information content (AvgIpc) is 2.91. The molecule has 1 aromatic rings. The van der Waals surface area contributed by atoms with Gasteiger partial charge in [0.15, 0.2) is 0 Å². The molecule has 1 aliphatic rings. The summed E-state index contributed by atoms with van der Waals surface area (Å²) < 4.78 is 33.4. The third-order valence-corrected chi connectivity index (χ3v) is 2.13. The molecule has 2 rings (SSSR count). The number of rotatable bonds is 3. The van der Waals surface area contributed by atoms with Crippen molar-refractivity contribution in [2.45, 2.75) is 19.6 Å². The van der Waals surface area contributed by atoms with Gasteiger partial charge >= 0.3 is 6.61 Å². The summed E-state index contributed by atoms with van der Waals surface area (Å²) in [6.45, 7) is -0.379. The minimum Gasteiger partial charge on any atom is -0.435 e. The summed E-state index contributed by atoms with van der Waals surface area (Å²) in [5.74, 6) is 0.230. The molecule has 0 amide bonds. The van der Waals surface area contributed by atoms with Gasteiger partial charge in [-0.15, -0.1) is 0 Å². The molecular formula is C10H10F2O2. The molecule has 0 N–H and O–H groups in total. The van der Waals surface area contributed by atoms with E-state index in [9.17, 15) is 8.78 Å². The highest BCUT2D eigenvalue weighted by molar-refractivity contribution is 5.38. The predicted octanol–water partition coefficient (Wildman–Crippen LogP) is 2.67. The van der Waals surface area contributed by atoms with Crippen molar-refractivity contribution in [3.05, 3.63) is 29.3 Å². The SMILES string of the molecule is Cc1ccc(C2CO2)cc1OC(F)F. The predicted molar refractivity (Wildman–Crippen MR) is 46.5 cm³/mol. The molecule has 0 bridgehead atoms. The molecule has 2 nitrogen and oxygen atoms in total. The van der Waals surface area contributed by atoms with Gasteiger partial charge in [0.05, 0.1) is 6.61 Å². The second-order valence-electron chi connectivity index (χ2n) is 3.23. The van der Waals surface area contributed by atoms with E-state index < -0.39 is 6.61 Å². The largest absolute Gasteiger partial charge is 0.435 e. The maximum absolute atomic E-state index is 12.0. The summed E-state index contributed by atoms with van der Waals surface area (Å²) in [6.07, 6.45) is 0.0654. The molecular weight excluding hydrogens is 190 g/mol. The first-order valence-electron chi connectivity index (χ1n) is 4.34. The van der Waals surface area contributed by atoms with Crippen molar-refractivity contribution >= 4 is 0 Å². The summed E-state index contributed by atoms with van der Waals surface area (Å²) in [5, 5.41) is 0. The van der Waals surface area contributed by atoms with Crippen LogP contribution < -0.4 is 4.74 Å². The number of benzene rings is 1. The molecule has 1 saturated heterocycles. The highest BCUT2D eigenvalue weighted by Gasteiger charge is 2.25. The average molecular weight is 200 g/mol. The van der Waals surface area contributed by atoms with Gasteiger partial charge in [-0.05, 0) is 24.1 Å². The molecule has 4 heteroatoms. The molecule has 1 aromatic carbocycles. The Bertz CT molecular complexity index is 335. The zero-order valence-corrected chi connectivity index (χ0v) is 7.67. The second kappa shape index (κ2) is 3.53. The molecule has 0 aromatic heterocycles. The van der Waals surface area contributed by atoms with Crippen LogP contribution >= 0.6 is 0 Å². The van der Waals surface area contributed by atoms with Gasteiger partial charge < -0.3 is 9.47 Å². The van der Waals surface area contributed by atoms with Gasteiger partial charge in [-0.3, -0.25) is 0 Å². The van der Waals surface area contributed by atoms with E-state index in [4.69, 9.17) is 4.74 Å². The van der Waals surface area contributed by atoms with E-state index in [0.29, 0.717) is 12.2 Å². The lowest BCUT2D eigenvalue weighted by molar-refractivity contribution is -0.0503. The fourth-order valence-corrected chi connectivity index (χ4v) is 1.28. The van der Waals surface area contributed by atoms with E-state index in [1.165, 1.54) is 0 Å². The zero-order chi connectivity index (χ0) is 10.1. The Morgan fingerprint density at radius 1 is 1.50 bits per heavy atom. The number of hydrogen-bond acceptors (Lipinski definition) is 2. The van der Waals surface area contributed by atoms with Gasteiger partial charge in [-0.25, -0.2) is 0 Å². The Hall–Kier alpha value is -1.16. The van der Waals surface area contributed by atoms with Gasteiger partial charge in [0.2, 0.25) is 0 Å². The maximum Gasteiger partial charge on any atom is 0.387 e. The molecule has 0 saturated carbocycles. The Morgan fingerprint density at radius 3 is 2.79 bits per heavy atom. The van der Waals surface area contributed by atoms with Crippen LogP contribution in [0.2, 0.25) is 0 Å². The highest BCUT2D eigenvalue weighted by Crippen LogP contribution is 2.33. The van der Waals surface area contributed by atoms with Crippen molar-refractivity contribution in [2.75, 3.05) is 6.61 Å². The lowest BCUT2D eigenvalue weighted by Crippen LogP contribution is -2.03. The highest BCUT2D eigenvalue weighted by atomic mass is 19.3. The van der Waals surface area contributed by atoms with Crippen molar-refractivity contribution in [1.29, 1.82) is 0 Å². The third kappa shape index (κ3) is 2.01. The zero-order valence-electron chi connectivity index (χ0n) is 7.67. The van der Waals surface area contributed by atoms with E-state index in [1.54, 1.807) is 19.1 Å². The summed E-state index contributed by atoms with van der Waals surface area (Å²) >= 11 is 0. The Labute approximate surface area is 80.4 Å². The molecule has 76 valence electrons. The van der Waals surface area contributed by atoms with Gasteiger partial charge in [-0.2, -0.15) is 8.78 Å². The van der Waals surface area contributed by atoms with Crippen molar-refractivity contribution < 1.29 is 18.3 Å². The smallest absolute Gasteiger partial charge is 0.387 e. The number of alkyl halides is 2. The maximum atomic E-state index is 12.0. The summed E-state index contributed by atoms with van der Waals surface area (Å²) in [7, 11) is 0. The summed E-state index contributed by atoms with van der Waals surface area (Å²) in [4.78, 5) is 0. The van der Waals surface area contributed by atoms with E-state index >= 15 is 0 Å². The monoisotopic (exact) mass is 200 g/mol. The second-order valence-corrected chi connectivity index (χ2v) is 3.23. The lowest BCUT2D eigenvalue weighted by atomic mass is 10.1. The first-order valence-corrected chi connectivity index (χ1v) is 4.34. The summed E-state index contributed by atoms with van der Waals surface area (Å²) in [5.41, 5.74) is 1.60. The molecule has 1 heterocycles. The van der Waals surface area contributed by atoms with Crippen LogP contribution in [0.25, 0.3) is 0 Å². The minimum absolute atomic E-state index is 0.0654. The van der Waals surface area contributed by atoms with Gasteiger partial charge in [0.25, 0.3) is 0 Å². The van der Waals surface area contributed by atoms with Crippen LogP contribution in [0.1, 0.15) is 17.2 Å². The minimum atomic E-state index is -2.77. The molecule has 1 aliphatic heterocycles. The first kappa shape index (κ1) is 9.40. The number of halogens is 2. The Morgan fingerprint density at radius 2 is 2.21 bits per heavy atom. The van der Waals surface area contributed by atoms with E-state index in [0.717, 1.165) is 5.56 Å². The molecule has 0 radical (unpaired) electrons. The standard InChI is InChI=1S/C10H10F2O2/c1-6-2-3-7(9-5-13-9)4-8(6)14-10(11)12/h2-4,9-10H,5H2,1H3. The van der Waals surface area contributed by atoms with Crippen LogP contribution in [-0.2, 0) is 4.74 Å². The Balaban J connectivity index is 2.22. The normalized spacial score (nSPS) is 19.9. The fraction of sp³-hybridized carbons (Fsp3) is 0.400. The van der Waals surface area contributed by atoms with Crippen LogP contribution in [0.15, 0.2) is 18.2 Å². The van der Waals surface area contributed by atoms with Gasteiger partial charge in [0, 0.05) is 0 Å². The van der Waals surface area contributed by atoms with Crippen LogP contribution in [0.3, 0.4) is 0 Å². The number of epoxide rings is 1. The summed E-state index contributed by atoms with van der Waals surface area (Å²) in [6, 6.07) is 5.24. The van der Waals surface area contributed by atoms with E-state index in [-0.39, 0.29) is 11.9 Å². The first-order chi connectivity index (χ1) is 6.66. The van der Waals surface area contributed by atoms with Crippen LogP contribution in [0, 0.1) is 6.92 Å². The Kier molecular flexibility index (Phi) is 2.37. The quantitative estimate of drug-likeness (QED) is 0.699. The van der Waals surface area contributed by atoms with Gasteiger partial charge in [-0.1, -0.05) is 12.1 Å².